The van der Waals surface area contributed by atoms with E-state index in [1.54, 1.807) is 30.1 Å². The van der Waals surface area contributed by atoms with Crippen LogP contribution in [-0.2, 0) is 10.0 Å². The number of amides is 1. The van der Waals surface area contributed by atoms with Gasteiger partial charge < -0.3 is 10.6 Å². The van der Waals surface area contributed by atoms with Crippen LogP contribution in [0.1, 0.15) is 43.0 Å². The summed E-state index contributed by atoms with van der Waals surface area (Å²) in [6.07, 6.45) is 3.43. The molecule has 1 atom stereocenters. The average molecular weight is 353 g/mol. The number of nitrogens with zero attached hydrogens (tertiary/aromatic N) is 2. The summed E-state index contributed by atoms with van der Waals surface area (Å²) in [5.41, 5.74) is 6.15. The summed E-state index contributed by atoms with van der Waals surface area (Å²) in [4.78, 5) is 14.3. The summed E-state index contributed by atoms with van der Waals surface area (Å²) in [5.74, 6) is -0.260. The van der Waals surface area contributed by atoms with Crippen LogP contribution in [0.2, 0.25) is 0 Å². The second kappa shape index (κ2) is 8.09. The van der Waals surface area contributed by atoms with Gasteiger partial charge in [0, 0.05) is 32.7 Å². The number of hydrogen-bond acceptors (Lipinski definition) is 4. The van der Waals surface area contributed by atoms with Crippen LogP contribution in [0.25, 0.3) is 0 Å². The van der Waals surface area contributed by atoms with Gasteiger partial charge in [0.25, 0.3) is 5.91 Å². The molecule has 1 unspecified atom stereocenters. The first-order valence-electron chi connectivity index (χ1n) is 8.48. The molecule has 1 fully saturated rings. The summed E-state index contributed by atoms with van der Waals surface area (Å²) in [5, 5.41) is 0. The molecule has 134 valence electrons. The quantitative estimate of drug-likeness (QED) is 0.843. The summed E-state index contributed by atoms with van der Waals surface area (Å²) in [7, 11) is -2.01. The van der Waals surface area contributed by atoms with E-state index < -0.39 is 10.0 Å². The molecule has 0 radical (unpaired) electrons. The normalized spacial score (nSPS) is 19.2. The number of piperidine rings is 1. The molecule has 0 spiro atoms. The molecule has 2 rings (SSSR count). The molecule has 1 aliphatic rings. The molecule has 1 saturated heterocycles. The van der Waals surface area contributed by atoms with Gasteiger partial charge in [-0.25, -0.2) is 8.42 Å². The van der Waals surface area contributed by atoms with Crippen molar-refractivity contribution >= 4 is 15.9 Å². The van der Waals surface area contributed by atoms with Crippen LogP contribution in [0.3, 0.4) is 0 Å². The van der Waals surface area contributed by atoms with Gasteiger partial charge in [-0.3, -0.25) is 4.79 Å². The predicted molar refractivity (Wildman–Crippen MR) is 94.3 cm³/mol. The van der Waals surface area contributed by atoms with E-state index in [-0.39, 0.29) is 22.4 Å². The topological polar surface area (TPSA) is 83.7 Å². The number of carbonyl (C=O) groups is 1. The van der Waals surface area contributed by atoms with Crippen LogP contribution in [0, 0.1) is 0 Å². The molecule has 2 N–H and O–H groups in total. The third-order valence-electron chi connectivity index (χ3n) is 4.35. The Kier molecular flexibility index (Phi) is 6.37. The monoisotopic (exact) mass is 353 g/mol. The molecular formula is C17H27N3O3S. The number of unbranched alkanes of at least 4 members (excludes halogenated alkanes) is 1. The van der Waals surface area contributed by atoms with E-state index in [0.29, 0.717) is 19.6 Å². The Morgan fingerprint density at radius 3 is 2.75 bits per heavy atom. The second-order valence-electron chi connectivity index (χ2n) is 6.34. The number of benzene rings is 1. The summed E-state index contributed by atoms with van der Waals surface area (Å²) >= 11 is 0. The maximum atomic E-state index is 13.0. The molecular weight excluding hydrogens is 326 g/mol. The van der Waals surface area contributed by atoms with E-state index in [1.807, 2.05) is 0 Å². The van der Waals surface area contributed by atoms with Gasteiger partial charge in [0.1, 0.15) is 0 Å². The molecule has 0 bridgehead atoms. The molecule has 6 nitrogen and oxygen atoms in total. The Labute approximate surface area is 144 Å². The summed E-state index contributed by atoms with van der Waals surface area (Å²) in [6.45, 7) is 3.41. The third kappa shape index (κ3) is 4.15. The highest BCUT2D eigenvalue weighted by atomic mass is 32.2. The van der Waals surface area contributed by atoms with E-state index in [9.17, 15) is 13.2 Å². The molecule has 24 heavy (non-hydrogen) atoms. The molecule has 1 aromatic rings. The smallest absolute Gasteiger partial charge is 0.254 e. The van der Waals surface area contributed by atoms with E-state index in [4.69, 9.17) is 5.73 Å². The number of sulfonamides is 1. The Hall–Kier alpha value is -1.44. The van der Waals surface area contributed by atoms with Crippen molar-refractivity contribution in [2.75, 3.05) is 26.7 Å². The van der Waals surface area contributed by atoms with Crippen molar-refractivity contribution < 1.29 is 13.2 Å². The van der Waals surface area contributed by atoms with Gasteiger partial charge in [-0.2, -0.15) is 4.31 Å². The second-order valence-corrected chi connectivity index (χ2v) is 8.25. The maximum absolute atomic E-state index is 13.0. The molecule has 7 heteroatoms. The lowest BCUT2D eigenvalue weighted by Crippen LogP contribution is -2.46. The number of hydrogen-bond donors (Lipinski definition) is 1. The van der Waals surface area contributed by atoms with Crippen molar-refractivity contribution in [3.63, 3.8) is 0 Å². The first-order valence-corrected chi connectivity index (χ1v) is 9.92. The van der Waals surface area contributed by atoms with E-state index >= 15 is 0 Å². The molecule has 0 saturated carbocycles. The predicted octanol–water partition coefficient (Wildman–Crippen LogP) is 1.67. The van der Waals surface area contributed by atoms with Crippen molar-refractivity contribution in [2.45, 2.75) is 43.5 Å². The lowest BCUT2D eigenvalue weighted by atomic mass is 10.1. The SMILES string of the molecule is CCCCN(C)C(=O)c1ccccc1S(=O)(=O)N1CCCC(N)C1. The summed E-state index contributed by atoms with van der Waals surface area (Å²) in [6, 6.07) is 6.29. The van der Waals surface area contributed by atoms with Gasteiger partial charge >= 0.3 is 0 Å². The minimum absolute atomic E-state index is 0.0763. The van der Waals surface area contributed by atoms with Crippen molar-refractivity contribution in [1.29, 1.82) is 0 Å². The van der Waals surface area contributed by atoms with Crippen LogP contribution in [0.4, 0.5) is 0 Å². The summed E-state index contributed by atoms with van der Waals surface area (Å²) < 4.78 is 27.4. The molecule has 1 amide bonds. The third-order valence-corrected chi connectivity index (χ3v) is 6.27. The van der Waals surface area contributed by atoms with Crippen LogP contribution in [0.5, 0.6) is 0 Å². The van der Waals surface area contributed by atoms with Crippen LogP contribution in [-0.4, -0.2) is 56.3 Å². The average Bonchev–Trinajstić information content (AvgIpc) is 2.59. The van der Waals surface area contributed by atoms with E-state index in [1.165, 1.54) is 10.4 Å². The Bertz CT molecular complexity index is 675. The van der Waals surface area contributed by atoms with Gasteiger partial charge in [0.2, 0.25) is 10.0 Å². The number of rotatable bonds is 6. The van der Waals surface area contributed by atoms with E-state index in [0.717, 1.165) is 25.7 Å². The number of nitrogens with two attached hydrogens (primary N) is 1. The molecule has 0 aliphatic carbocycles. The van der Waals surface area contributed by atoms with Gasteiger partial charge in [-0.1, -0.05) is 25.5 Å². The Balaban J connectivity index is 2.32. The fourth-order valence-electron chi connectivity index (χ4n) is 2.90. The molecule has 0 aromatic heterocycles. The minimum atomic E-state index is -3.72. The molecule has 1 aliphatic heterocycles. The van der Waals surface area contributed by atoms with Crippen LogP contribution in [0.15, 0.2) is 29.2 Å². The highest BCUT2D eigenvalue weighted by molar-refractivity contribution is 7.89. The van der Waals surface area contributed by atoms with Gasteiger partial charge in [-0.15, -0.1) is 0 Å². The fourth-order valence-corrected chi connectivity index (χ4v) is 4.62. The molecule has 1 heterocycles. The van der Waals surface area contributed by atoms with Crippen LogP contribution < -0.4 is 5.73 Å². The van der Waals surface area contributed by atoms with E-state index in [2.05, 4.69) is 6.92 Å². The van der Waals surface area contributed by atoms with Crippen molar-refractivity contribution in [3.05, 3.63) is 29.8 Å². The highest BCUT2D eigenvalue weighted by Gasteiger charge is 2.32. The van der Waals surface area contributed by atoms with Crippen LogP contribution >= 0.6 is 0 Å². The van der Waals surface area contributed by atoms with Gasteiger partial charge in [0.05, 0.1) is 10.5 Å². The largest absolute Gasteiger partial charge is 0.342 e. The first-order chi connectivity index (χ1) is 11.4. The Morgan fingerprint density at radius 2 is 2.08 bits per heavy atom. The lowest BCUT2D eigenvalue weighted by Gasteiger charge is -2.30. The first kappa shape index (κ1) is 18.9. The number of carbonyl (C=O) groups excluding carboxylic acids is 1. The van der Waals surface area contributed by atoms with Gasteiger partial charge in [-0.05, 0) is 31.4 Å². The fraction of sp³-hybridized carbons (Fsp3) is 0.588. The zero-order chi connectivity index (χ0) is 17.7. The lowest BCUT2D eigenvalue weighted by molar-refractivity contribution is 0.0789. The maximum Gasteiger partial charge on any atom is 0.254 e. The standard InChI is InChI=1S/C17H27N3O3S/c1-3-4-11-19(2)17(21)15-9-5-6-10-16(15)24(22,23)20-12-7-8-14(18)13-20/h5-6,9-10,14H,3-4,7-8,11-13,18H2,1-2H3. The highest BCUT2D eigenvalue weighted by Crippen LogP contribution is 2.24. The van der Waals surface area contributed by atoms with Gasteiger partial charge in [0.15, 0.2) is 0 Å². The zero-order valence-corrected chi connectivity index (χ0v) is 15.3. The Morgan fingerprint density at radius 1 is 1.38 bits per heavy atom. The minimum Gasteiger partial charge on any atom is -0.342 e. The van der Waals surface area contributed by atoms with Crippen molar-refractivity contribution in [1.82, 2.24) is 9.21 Å². The zero-order valence-electron chi connectivity index (χ0n) is 14.4. The van der Waals surface area contributed by atoms with Crippen molar-refractivity contribution in [2.24, 2.45) is 5.73 Å². The molecule has 1 aromatic carbocycles. The van der Waals surface area contributed by atoms with Crippen molar-refractivity contribution in [3.8, 4) is 0 Å².